The maximum atomic E-state index is 11.9. The molecule has 1 rings (SSSR count). The topological polar surface area (TPSA) is 43.1 Å². The van der Waals surface area contributed by atoms with Crippen LogP contribution in [0.4, 0.5) is 0 Å². The summed E-state index contributed by atoms with van der Waals surface area (Å²) in [6, 6.07) is 7.22. The van der Waals surface area contributed by atoms with E-state index in [4.69, 9.17) is 17.3 Å². The molecule has 14 heavy (non-hydrogen) atoms. The zero-order chi connectivity index (χ0) is 10.6. The first-order valence-corrected chi connectivity index (χ1v) is 6.11. The third kappa shape index (κ3) is 2.80. The van der Waals surface area contributed by atoms with Crippen molar-refractivity contribution in [2.24, 2.45) is 5.73 Å². The van der Waals surface area contributed by atoms with Gasteiger partial charge in [-0.15, -0.1) is 0 Å². The van der Waals surface area contributed by atoms with Crippen LogP contribution < -0.4 is 5.73 Å². The Balaban J connectivity index is 2.84. The highest BCUT2D eigenvalue weighted by Gasteiger charge is 2.14. The smallest absolute Gasteiger partial charge is 0.0577 e. The Morgan fingerprint density at radius 3 is 2.71 bits per heavy atom. The molecule has 4 heteroatoms. The second kappa shape index (κ2) is 5.49. The summed E-state index contributed by atoms with van der Waals surface area (Å²) in [5.74, 6) is 0. The first kappa shape index (κ1) is 11.7. The molecule has 0 saturated carbocycles. The Morgan fingerprint density at radius 1 is 1.50 bits per heavy atom. The molecule has 0 spiro atoms. The summed E-state index contributed by atoms with van der Waals surface area (Å²) in [5.41, 5.74) is 5.42. The fraction of sp³-hybridized carbons (Fsp3) is 0.400. The third-order valence-electron chi connectivity index (χ3n) is 1.99. The molecule has 0 fully saturated rings. The quantitative estimate of drug-likeness (QED) is 0.863. The average Bonchev–Trinajstić information content (AvgIpc) is 2.18. The van der Waals surface area contributed by atoms with E-state index in [1.807, 2.05) is 19.1 Å². The van der Waals surface area contributed by atoms with Crippen molar-refractivity contribution in [2.75, 3.05) is 6.54 Å². The predicted molar refractivity (Wildman–Crippen MR) is 61.0 cm³/mol. The summed E-state index contributed by atoms with van der Waals surface area (Å²) in [6.07, 6.45) is 0.748. The molecule has 78 valence electrons. The molecule has 0 amide bonds. The molecule has 1 aromatic carbocycles. The van der Waals surface area contributed by atoms with Crippen LogP contribution in [0.25, 0.3) is 0 Å². The molecular weight excluding hydrogens is 218 g/mol. The molecule has 0 heterocycles. The summed E-state index contributed by atoms with van der Waals surface area (Å²) in [5, 5.41) is 0.620. The van der Waals surface area contributed by atoms with Crippen molar-refractivity contribution in [3.63, 3.8) is 0 Å². The third-order valence-corrected chi connectivity index (χ3v) is 4.19. The van der Waals surface area contributed by atoms with E-state index in [-0.39, 0.29) is 5.25 Å². The van der Waals surface area contributed by atoms with Crippen LogP contribution in [0.5, 0.6) is 0 Å². The largest absolute Gasteiger partial charge is 0.330 e. The highest BCUT2D eigenvalue weighted by atomic mass is 35.5. The van der Waals surface area contributed by atoms with Crippen LogP contribution in [0.15, 0.2) is 29.2 Å². The predicted octanol–water partition coefficient (Wildman–Crippen LogP) is 2.18. The fourth-order valence-electron chi connectivity index (χ4n) is 1.17. The van der Waals surface area contributed by atoms with Gasteiger partial charge >= 0.3 is 0 Å². The van der Waals surface area contributed by atoms with Crippen LogP contribution in [-0.2, 0) is 10.8 Å². The minimum atomic E-state index is -1.05. The van der Waals surface area contributed by atoms with Crippen LogP contribution in [0, 0.1) is 0 Å². The number of nitrogens with two attached hydrogens (primary N) is 1. The van der Waals surface area contributed by atoms with Gasteiger partial charge in [0.1, 0.15) is 0 Å². The van der Waals surface area contributed by atoms with E-state index in [0.717, 1.165) is 6.42 Å². The van der Waals surface area contributed by atoms with Crippen molar-refractivity contribution in [1.82, 2.24) is 0 Å². The summed E-state index contributed by atoms with van der Waals surface area (Å²) in [6.45, 7) is 2.48. The molecule has 0 saturated heterocycles. The highest BCUT2D eigenvalue weighted by Crippen LogP contribution is 2.22. The van der Waals surface area contributed by atoms with Gasteiger partial charge in [-0.3, -0.25) is 4.21 Å². The van der Waals surface area contributed by atoms with E-state index in [0.29, 0.717) is 16.5 Å². The number of rotatable bonds is 4. The second-order valence-electron chi connectivity index (χ2n) is 3.12. The molecular formula is C10H14ClNOS. The summed E-state index contributed by atoms with van der Waals surface area (Å²) in [7, 11) is -1.05. The molecule has 0 aromatic heterocycles. The Bertz CT molecular complexity index is 330. The number of halogens is 1. The van der Waals surface area contributed by atoms with Crippen molar-refractivity contribution in [3.8, 4) is 0 Å². The van der Waals surface area contributed by atoms with Crippen LogP contribution in [0.3, 0.4) is 0 Å². The molecule has 1 aromatic rings. The van der Waals surface area contributed by atoms with E-state index in [1.54, 1.807) is 12.1 Å². The van der Waals surface area contributed by atoms with Gasteiger partial charge in [-0.05, 0) is 25.1 Å². The zero-order valence-electron chi connectivity index (χ0n) is 8.07. The second-order valence-corrected chi connectivity index (χ2v) is 5.36. The minimum Gasteiger partial charge on any atom is -0.330 e. The molecule has 2 unspecified atom stereocenters. The SMILES string of the molecule is CC(CCN)S(=O)c1ccccc1Cl. The van der Waals surface area contributed by atoms with Gasteiger partial charge in [0.25, 0.3) is 0 Å². The average molecular weight is 232 g/mol. The lowest BCUT2D eigenvalue weighted by molar-refractivity contribution is 0.666. The minimum absolute atomic E-state index is 0.0555. The summed E-state index contributed by atoms with van der Waals surface area (Å²) < 4.78 is 11.9. The molecule has 2 N–H and O–H groups in total. The molecule has 2 atom stereocenters. The number of hydrogen-bond donors (Lipinski definition) is 1. The van der Waals surface area contributed by atoms with Gasteiger partial charge in [0.05, 0.1) is 20.7 Å². The summed E-state index contributed by atoms with van der Waals surface area (Å²) >= 11 is 5.94. The van der Waals surface area contributed by atoms with Crippen LogP contribution in [-0.4, -0.2) is 16.0 Å². The zero-order valence-corrected chi connectivity index (χ0v) is 9.65. The van der Waals surface area contributed by atoms with Gasteiger partial charge in [-0.1, -0.05) is 30.7 Å². The van der Waals surface area contributed by atoms with Gasteiger partial charge in [0, 0.05) is 5.25 Å². The van der Waals surface area contributed by atoms with Crippen LogP contribution in [0.1, 0.15) is 13.3 Å². The van der Waals surface area contributed by atoms with Gasteiger partial charge in [-0.2, -0.15) is 0 Å². The molecule has 0 aliphatic heterocycles. The number of benzene rings is 1. The van der Waals surface area contributed by atoms with E-state index in [9.17, 15) is 4.21 Å². The number of hydrogen-bond acceptors (Lipinski definition) is 2. The molecule has 0 aliphatic rings. The Morgan fingerprint density at radius 2 is 2.14 bits per heavy atom. The van der Waals surface area contributed by atoms with Crippen LogP contribution >= 0.6 is 11.6 Å². The van der Waals surface area contributed by atoms with E-state index >= 15 is 0 Å². The first-order chi connectivity index (χ1) is 6.66. The fourth-order valence-corrected chi connectivity index (χ4v) is 2.79. The lowest BCUT2D eigenvalue weighted by Gasteiger charge is -2.10. The normalized spacial score (nSPS) is 15.1. The highest BCUT2D eigenvalue weighted by molar-refractivity contribution is 7.85. The van der Waals surface area contributed by atoms with Gasteiger partial charge in [0.15, 0.2) is 0 Å². The van der Waals surface area contributed by atoms with Crippen molar-refractivity contribution in [1.29, 1.82) is 0 Å². The Hall–Kier alpha value is -0.380. The van der Waals surface area contributed by atoms with Crippen molar-refractivity contribution < 1.29 is 4.21 Å². The standard InChI is InChI=1S/C10H14ClNOS/c1-8(6-7-12)14(13)10-5-3-2-4-9(10)11/h2-5,8H,6-7,12H2,1H3. The molecule has 0 radical (unpaired) electrons. The van der Waals surface area contributed by atoms with Gasteiger partial charge in [0.2, 0.25) is 0 Å². The Labute approximate surface area is 91.9 Å². The van der Waals surface area contributed by atoms with Crippen molar-refractivity contribution >= 4 is 22.4 Å². The molecule has 2 nitrogen and oxygen atoms in total. The lowest BCUT2D eigenvalue weighted by atomic mass is 10.3. The maximum absolute atomic E-state index is 11.9. The Kier molecular flexibility index (Phi) is 4.58. The van der Waals surface area contributed by atoms with Crippen molar-refractivity contribution in [3.05, 3.63) is 29.3 Å². The van der Waals surface area contributed by atoms with Gasteiger partial charge < -0.3 is 5.73 Å². The van der Waals surface area contributed by atoms with E-state index < -0.39 is 10.8 Å². The van der Waals surface area contributed by atoms with E-state index in [1.165, 1.54) is 0 Å². The van der Waals surface area contributed by atoms with Crippen LogP contribution in [0.2, 0.25) is 5.02 Å². The first-order valence-electron chi connectivity index (χ1n) is 4.52. The summed E-state index contributed by atoms with van der Waals surface area (Å²) in [4.78, 5) is 0.704. The van der Waals surface area contributed by atoms with E-state index in [2.05, 4.69) is 0 Å². The van der Waals surface area contributed by atoms with Gasteiger partial charge in [-0.25, -0.2) is 0 Å². The monoisotopic (exact) mass is 231 g/mol. The lowest BCUT2D eigenvalue weighted by Crippen LogP contribution is -2.16. The molecule has 0 bridgehead atoms. The van der Waals surface area contributed by atoms with Crippen molar-refractivity contribution in [2.45, 2.75) is 23.5 Å². The maximum Gasteiger partial charge on any atom is 0.0577 e. The molecule has 0 aliphatic carbocycles.